The molecule has 0 spiro atoms. The van der Waals surface area contributed by atoms with E-state index in [2.05, 4.69) is 45.1 Å². The van der Waals surface area contributed by atoms with Crippen LogP contribution in [0.25, 0.3) is 0 Å². The van der Waals surface area contributed by atoms with Crippen LogP contribution in [0.2, 0.25) is 16.0 Å². The molecule has 15 heavy (non-hydrogen) atoms. The third kappa shape index (κ3) is 3.41. The molecular formula is C14H26Zr. The number of hydrogen-bond acceptors (Lipinski definition) is 0. The normalized spacial score (nSPS) is 16.5. The second-order valence-corrected chi connectivity index (χ2v) is 16.9. The summed E-state index contributed by atoms with van der Waals surface area (Å²) in [7, 11) is 0. The maximum absolute atomic E-state index is 2.50. The van der Waals surface area contributed by atoms with Crippen LogP contribution < -0.4 is 0 Å². The minimum atomic E-state index is -1.85. The van der Waals surface area contributed by atoms with Crippen molar-refractivity contribution in [3.05, 3.63) is 24.3 Å². The van der Waals surface area contributed by atoms with E-state index in [1.165, 1.54) is 19.3 Å². The van der Waals surface area contributed by atoms with Gasteiger partial charge in [0, 0.05) is 0 Å². The van der Waals surface area contributed by atoms with Gasteiger partial charge in [-0.25, -0.2) is 0 Å². The van der Waals surface area contributed by atoms with E-state index in [9.17, 15) is 0 Å². The van der Waals surface area contributed by atoms with Gasteiger partial charge in [-0.05, 0) is 0 Å². The molecule has 0 unspecified atom stereocenters. The van der Waals surface area contributed by atoms with Crippen molar-refractivity contribution in [3.8, 4) is 0 Å². The Labute approximate surface area is 100 Å². The molecule has 0 saturated carbocycles. The van der Waals surface area contributed by atoms with Crippen molar-refractivity contribution >= 4 is 0 Å². The molecule has 0 aromatic carbocycles. The molecule has 1 aliphatic rings. The van der Waals surface area contributed by atoms with Crippen LogP contribution >= 0.6 is 0 Å². The van der Waals surface area contributed by atoms with Crippen molar-refractivity contribution in [3.63, 3.8) is 0 Å². The zero-order valence-electron chi connectivity index (χ0n) is 10.6. The van der Waals surface area contributed by atoms with Crippen molar-refractivity contribution in [2.24, 2.45) is 0 Å². The first kappa shape index (κ1) is 13.4. The molecule has 1 aliphatic carbocycles. The number of rotatable bonds is 7. The molecule has 0 saturated heterocycles. The fourth-order valence-corrected chi connectivity index (χ4v) is 17.4. The van der Waals surface area contributed by atoms with Crippen LogP contribution in [-0.2, 0) is 20.3 Å². The van der Waals surface area contributed by atoms with E-state index in [0.29, 0.717) is 0 Å². The molecule has 0 radical (unpaired) electrons. The van der Waals surface area contributed by atoms with Gasteiger partial charge >= 0.3 is 101 Å². The molecule has 1 heteroatoms. The molecule has 0 fully saturated rings. The van der Waals surface area contributed by atoms with Crippen molar-refractivity contribution in [2.45, 2.75) is 56.0 Å². The summed E-state index contributed by atoms with van der Waals surface area (Å²) in [5.74, 6) is 0. The molecule has 0 bridgehead atoms. The zero-order chi connectivity index (χ0) is 11.1. The van der Waals surface area contributed by atoms with E-state index < -0.39 is 20.3 Å². The summed E-state index contributed by atoms with van der Waals surface area (Å²) in [5.41, 5.74) is 0. The molecule has 0 aromatic heterocycles. The van der Waals surface area contributed by atoms with Gasteiger partial charge in [0.15, 0.2) is 0 Å². The van der Waals surface area contributed by atoms with Gasteiger partial charge in [0.05, 0.1) is 0 Å². The van der Waals surface area contributed by atoms with Crippen LogP contribution in [0.15, 0.2) is 24.3 Å². The van der Waals surface area contributed by atoms with E-state index in [1.54, 1.807) is 12.4 Å². The molecule has 86 valence electrons. The molecule has 0 aromatic rings. The SMILES string of the molecule is CC[CH2][Zr]([CH2]CC)([CH2]CC)[CH]1C=CC=C1. The maximum atomic E-state index is 2.50. The van der Waals surface area contributed by atoms with Crippen LogP contribution in [0.5, 0.6) is 0 Å². The average molecular weight is 286 g/mol. The van der Waals surface area contributed by atoms with E-state index in [1.807, 2.05) is 0 Å². The van der Waals surface area contributed by atoms with Crippen LogP contribution in [0, 0.1) is 0 Å². The van der Waals surface area contributed by atoms with E-state index >= 15 is 0 Å². The number of hydrogen-bond donors (Lipinski definition) is 0. The Balaban J connectivity index is 2.78. The Hall–Kier alpha value is 0.363. The van der Waals surface area contributed by atoms with Gasteiger partial charge in [0.2, 0.25) is 0 Å². The predicted octanol–water partition coefficient (Wildman–Crippen LogP) is 5.54. The molecule has 1 rings (SSSR count). The van der Waals surface area contributed by atoms with E-state index in [-0.39, 0.29) is 0 Å². The van der Waals surface area contributed by atoms with Gasteiger partial charge in [-0.15, -0.1) is 0 Å². The van der Waals surface area contributed by atoms with Crippen molar-refractivity contribution < 1.29 is 20.3 Å². The number of allylic oxidation sites excluding steroid dienone is 4. The molecule has 0 aliphatic heterocycles. The van der Waals surface area contributed by atoms with Crippen LogP contribution in [0.1, 0.15) is 40.0 Å². The molecule has 0 nitrogen and oxygen atoms in total. The second kappa shape index (κ2) is 6.84. The fourth-order valence-electron chi connectivity index (χ4n) is 3.21. The molecule has 0 atom stereocenters. The Morgan fingerprint density at radius 1 is 0.800 bits per heavy atom. The average Bonchev–Trinajstić information content (AvgIpc) is 2.72. The summed E-state index contributed by atoms with van der Waals surface area (Å²) in [5, 5.41) is 0. The van der Waals surface area contributed by atoms with Gasteiger partial charge in [0.1, 0.15) is 0 Å². The first-order chi connectivity index (χ1) is 7.29. The van der Waals surface area contributed by atoms with E-state index in [0.717, 1.165) is 3.63 Å². The van der Waals surface area contributed by atoms with Crippen LogP contribution in [0.3, 0.4) is 0 Å². The Morgan fingerprint density at radius 3 is 1.53 bits per heavy atom. The van der Waals surface area contributed by atoms with Crippen LogP contribution in [-0.4, -0.2) is 0 Å². The van der Waals surface area contributed by atoms with Gasteiger partial charge < -0.3 is 0 Å². The summed E-state index contributed by atoms with van der Waals surface area (Å²) in [6, 6.07) is 0. The zero-order valence-corrected chi connectivity index (χ0v) is 13.1. The Morgan fingerprint density at radius 2 is 1.20 bits per heavy atom. The van der Waals surface area contributed by atoms with Gasteiger partial charge in [-0.1, -0.05) is 0 Å². The quantitative estimate of drug-likeness (QED) is 0.576. The molecule has 0 N–H and O–H groups in total. The summed E-state index contributed by atoms with van der Waals surface area (Å²) >= 11 is -1.85. The van der Waals surface area contributed by atoms with Crippen LogP contribution in [0.4, 0.5) is 0 Å². The fraction of sp³-hybridized carbons (Fsp3) is 0.714. The minimum absolute atomic E-state index is 0.916. The summed E-state index contributed by atoms with van der Waals surface area (Å²) in [6.07, 6.45) is 13.8. The monoisotopic (exact) mass is 284 g/mol. The van der Waals surface area contributed by atoms with Gasteiger partial charge in [-0.2, -0.15) is 0 Å². The van der Waals surface area contributed by atoms with Crippen molar-refractivity contribution in [1.82, 2.24) is 0 Å². The third-order valence-corrected chi connectivity index (χ3v) is 19.2. The topological polar surface area (TPSA) is 0 Å². The molecule has 0 heterocycles. The van der Waals surface area contributed by atoms with E-state index in [4.69, 9.17) is 0 Å². The summed E-state index contributed by atoms with van der Waals surface area (Å²) < 4.78 is 5.69. The second-order valence-electron chi connectivity index (χ2n) is 4.91. The van der Waals surface area contributed by atoms with Crippen molar-refractivity contribution in [1.29, 1.82) is 0 Å². The van der Waals surface area contributed by atoms with Gasteiger partial charge in [0.25, 0.3) is 0 Å². The first-order valence-corrected chi connectivity index (χ1v) is 13.3. The van der Waals surface area contributed by atoms with Gasteiger partial charge in [-0.3, -0.25) is 0 Å². The first-order valence-electron chi connectivity index (χ1n) is 6.64. The molecule has 0 amide bonds. The Kier molecular flexibility index (Phi) is 6.12. The predicted molar refractivity (Wildman–Crippen MR) is 67.3 cm³/mol. The third-order valence-electron chi connectivity index (χ3n) is 3.70. The summed E-state index contributed by atoms with van der Waals surface area (Å²) in [6.45, 7) is 7.12. The van der Waals surface area contributed by atoms with Crippen molar-refractivity contribution in [2.75, 3.05) is 0 Å². The standard InChI is InChI=1S/C5H5.3C3H7.Zr/c1-2-4-5-3-1;3*1-3-2;/h1-5H;3*1,3H2,2H3;. The molecular weight excluding hydrogens is 259 g/mol. The Bertz CT molecular complexity index is 198. The summed E-state index contributed by atoms with van der Waals surface area (Å²) in [4.78, 5) is 0.